The molecule has 0 aliphatic heterocycles. The van der Waals surface area contributed by atoms with Crippen molar-refractivity contribution in [2.24, 2.45) is 5.73 Å². The van der Waals surface area contributed by atoms with Crippen LogP contribution in [0, 0.1) is 13.8 Å². The van der Waals surface area contributed by atoms with Gasteiger partial charge in [-0.2, -0.15) is 0 Å². The Balaban J connectivity index is 0.00000242. The molecule has 0 radical (unpaired) electrons. The van der Waals surface area contributed by atoms with Crippen LogP contribution in [0.2, 0.25) is 0 Å². The topological polar surface area (TPSA) is 35.2 Å². The second-order valence-electron chi connectivity index (χ2n) is 5.39. The molecule has 2 aromatic rings. The predicted molar refractivity (Wildman–Crippen MR) is 95.7 cm³/mol. The molecule has 0 amide bonds. The molecule has 0 aromatic heterocycles. The number of benzene rings is 2. The van der Waals surface area contributed by atoms with Gasteiger partial charge >= 0.3 is 0 Å². The summed E-state index contributed by atoms with van der Waals surface area (Å²) in [5, 5.41) is 0. The van der Waals surface area contributed by atoms with Crippen LogP contribution in [-0.4, -0.2) is 0 Å². The third-order valence-electron chi connectivity index (χ3n) is 3.56. The van der Waals surface area contributed by atoms with Crippen molar-refractivity contribution >= 4 is 12.4 Å². The minimum Gasteiger partial charge on any atom is -0.488 e. The van der Waals surface area contributed by atoms with Gasteiger partial charge in [-0.1, -0.05) is 48.5 Å². The first-order chi connectivity index (χ1) is 10.1. The molecule has 0 unspecified atom stereocenters. The largest absolute Gasteiger partial charge is 0.488 e. The van der Waals surface area contributed by atoms with Crippen molar-refractivity contribution in [2.45, 2.75) is 32.9 Å². The lowest BCUT2D eigenvalue weighted by molar-refractivity contribution is 0.302. The minimum atomic E-state index is 0. The summed E-state index contributed by atoms with van der Waals surface area (Å²) in [5.41, 5.74) is 10.7. The number of nitrogens with two attached hydrogens (primary N) is 1. The van der Waals surface area contributed by atoms with E-state index in [2.05, 4.69) is 44.7 Å². The van der Waals surface area contributed by atoms with E-state index in [1.165, 1.54) is 5.56 Å². The van der Waals surface area contributed by atoms with Gasteiger partial charge in [0.25, 0.3) is 0 Å². The van der Waals surface area contributed by atoms with Gasteiger partial charge in [0, 0.05) is 6.04 Å². The molecule has 2 rings (SSSR count). The Hall–Kier alpha value is -1.77. The Morgan fingerprint density at radius 1 is 1.14 bits per heavy atom. The molecule has 118 valence electrons. The van der Waals surface area contributed by atoms with E-state index < -0.39 is 0 Å². The first-order valence-corrected chi connectivity index (χ1v) is 7.26. The highest BCUT2D eigenvalue weighted by Gasteiger charge is 2.11. The molecule has 0 fully saturated rings. The van der Waals surface area contributed by atoms with E-state index in [0.717, 1.165) is 28.9 Å². The standard InChI is InChI=1S/C19H23NO.ClH/c1-4-8-18(20)17-11-14(2)19(15(3)12-17)21-13-16-9-6-5-7-10-16;/h4-7,9-12,18H,1,8,13,20H2,2-3H3;1H/t18-;/m0./s1. The molecule has 0 spiro atoms. The predicted octanol–water partition coefficient (Wildman–Crippen LogP) is 4.88. The number of aryl methyl sites for hydroxylation is 2. The second-order valence-corrected chi connectivity index (χ2v) is 5.39. The third kappa shape index (κ3) is 4.62. The Kier molecular flexibility index (Phi) is 7.16. The average molecular weight is 318 g/mol. The first-order valence-electron chi connectivity index (χ1n) is 7.26. The Morgan fingerprint density at radius 3 is 2.27 bits per heavy atom. The number of rotatable bonds is 6. The van der Waals surface area contributed by atoms with E-state index in [9.17, 15) is 0 Å². The smallest absolute Gasteiger partial charge is 0.125 e. The molecule has 0 saturated heterocycles. The summed E-state index contributed by atoms with van der Waals surface area (Å²) in [6, 6.07) is 14.4. The molecule has 0 bridgehead atoms. The molecular formula is C19H24ClNO. The van der Waals surface area contributed by atoms with Gasteiger partial charge in [0.1, 0.15) is 12.4 Å². The Labute approximate surface area is 139 Å². The van der Waals surface area contributed by atoms with Gasteiger partial charge in [0.2, 0.25) is 0 Å². The summed E-state index contributed by atoms with van der Waals surface area (Å²) in [6.07, 6.45) is 2.64. The van der Waals surface area contributed by atoms with E-state index in [4.69, 9.17) is 10.5 Å². The number of hydrogen-bond acceptors (Lipinski definition) is 2. The fraction of sp³-hybridized carbons (Fsp3) is 0.263. The number of halogens is 1. The molecule has 0 aliphatic carbocycles. The highest BCUT2D eigenvalue weighted by Crippen LogP contribution is 2.28. The summed E-state index contributed by atoms with van der Waals surface area (Å²) in [4.78, 5) is 0. The van der Waals surface area contributed by atoms with E-state index in [1.807, 2.05) is 24.3 Å². The van der Waals surface area contributed by atoms with Crippen LogP contribution in [0.25, 0.3) is 0 Å². The van der Waals surface area contributed by atoms with Gasteiger partial charge in [0.05, 0.1) is 0 Å². The van der Waals surface area contributed by atoms with Gasteiger partial charge in [0.15, 0.2) is 0 Å². The first kappa shape index (κ1) is 18.3. The highest BCUT2D eigenvalue weighted by molar-refractivity contribution is 5.85. The van der Waals surface area contributed by atoms with Crippen LogP contribution in [0.3, 0.4) is 0 Å². The zero-order valence-corrected chi connectivity index (χ0v) is 14.0. The van der Waals surface area contributed by atoms with Crippen LogP contribution in [-0.2, 0) is 6.61 Å². The molecule has 2 nitrogen and oxygen atoms in total. The normalized spacial score (nSPS) is 11.4. The van der Waals surface area contributed by atoms with E-state index >= 15 is 0 Å². The molecule has 0 aliphatic rings. The summed E-state index contributed by atoms with van der Waals surface area (Å²) in [6.45, 7) is 8.46. The van der Waals surface area contributed by atoms with Gasteiger partial charge in [-0.3, -0.25) is 0 Å². The second kappa shape index (κ2) is 8.62. The maximum absolute atomic E-state index is 6.15. The van der Waals surface area contributed by atoms with Gasteiger partial charge in [-0.05, 0) is 42.5 Å². The minimum absolute atomic E-state index is 0. The van der Waals surface area contributed by atoms with E-state index in [1.54, 1.807) is 0 Å². The van der Waals surface area contributed by atoms with Crippen LogP contribution >= 0.6 is 12.4 Å². The maximum Gasteiger partial charge on any atom is 0.125 e. The lowest BCUT2D eigenvalue weighted by Gasteiger charge is -2.17. The molecule has 2 N–H and O–H groups in total. The third-order valence-corrected chi connectivity index (χ3v) is 3.56. The van der Waals surface area contributed by atoms with Crippen molar-refractivity contribution in [1.29, 1.82) is 0 Å². The zero-order valence-electron chi connectivity index (χ0n) is 13.2. The molecule has 0 heterocycles. The Morgan fingerprint density at radius 2 is 1.73 bits per heavy atom. The van der Waals surface area contributed by atoms with Crippen molar-refractivity contribution in [2.75, 3.05) is 0 Å². The van der Waals surface area contributed by atoms with Gasteiger partial charge in [-0.15, -0.1) is 19.0 Å². The van der Waals surface area contributed by atoms with Crippen molar-refractivity contribution in [3.63, 3.8) is 0 Å². The lowest BCUT2D eigenvalue weighted by atomic mass is 9.99. The summed E-state index contributed by atoms with van der Waals surface area (Å²) in [5.74, 6) is 0.952. The van der Waals surface area contributed by atoms with Crippen LogP contribution < -0.4 is 10.5 Å². The van der Waals surface area contributed by atoms with Gasteiger partial charge < -0.3 is 10.5 Å². The fourth-order valence-electron chi connectivity index (χ4n) is 2.47. The zero-order chi connectivity index (χ0) is 15.2. The van der Waals surface area contributed by atoms with Gasteiger partial charge in [-0.25, -0.2) is 0 Å². The van der Waals surface area contributed by atoms with Crippen LogP contribution in [0.5, 0.6) is 5.75 Å². The molecule has 0 saturated carbocycles. The van der Waals surface area contributed by atoms with Crippen molar-refractivity contribution in [3.8, 4) is 5.75 Å². The lowest BCUT2D eigenvalue weighted by Crippen LogP contribution is -2.10. The maximum atomic E-state index is 6.15. The summed E-state index contributed by atoms with van der Waals surface area (Å²) >= 11 is 0. The van der Waals surface area contributed by atoms with Crippen LogP contribution in [0.4, 0.5) is 0 Å². The van der Waals surface area contributed by atoms with E-state index in [0.29, 0.717) is 6.61 Å². The fourth-order valence-corrected chi connectivity index (χ4v) is 2.47. The van der Waals surface area contributed by atoms with Crippen LogP contribution in [0.15, 0.2) is 55.1 Å². The SMILES string of the molecule is C=CC[C@H](N)c1cc(C)c(OCc2ccccc2)c(C)c1.Cl. The number of hydrogen-bond donors (Lipinski definition) is 1. The molecule has 1 atom stereocenters. The quantitative estimate of drug-likeness (QED) is 0.771. The molecule has 22 heavy (non-hydrogen) atoms. The Bertz CT molecular complexity index is 587. The van der Waals surface area contributed by atoms with Crippen LogP contribution in [0.1, 0.15) is 34.7 Å². The van der Waals surface area contributed by atoms with E-state index in [-0.39, 0.29) is 18.4 Å². The van der Waals surface area contributed by atoms with Crippen molar-refractivity contribution in [3.05, 3.63) is 77.4 Å². The molecular weight excluding hydrogens is 294 g/mol. The molecule has 3 heteroatoms. The molecule has 2 aromatic carbocycles. The van der Waals surface area contributed by atoms with Crippen molar-refractivity contribution in [1.82, 2.24) is 0 Å². The number of ether oxygens (including phenoxy) is 1. The summed E-state index contributed by atoms with van der Waals surface area (Å²) < 4.78 is 5.99. The highest BCUT2D eigenvalue weighted by atomic mass is 35.5. The monoisotopic (exact) mass is 317 g/mol. The summed E-state index contributed by atoms with van der Waals surface area (Å²) in [7, 11) is 0. The average Bonchev–Trinajstić information content (AvgIpc) is 2.47. The van der Waals surface area contributed by atoms with Crippen molar-refractivity contribution < 1.29 is 4.74 Å².